The van der Waals surface area contributed by atoms with Crippen molar-refractivity contribution in [3.05, 3.63) is 80.1 Å². The zero-order valence-corrected chi connectivity index (χ0v) is 14.2. The van der Waals surface area contributed by atoms with Crippen LogP contribution in [0.15, 0.2) is 46.2 Å². The molecular weight excluding hydrogens is 336 g/mol. The summed E-state index contributed by atoms with van der Waals surface area (Å²) in [5.41, 5.74) is 0.323. The number of aryl methyl sites for hydroxylation is 2. The molecule has 3 aromatic heterocycles. The van der Waals surface area contributed by atoms with E-state index in [2.05, 4.69) is 25.3 Å². The van der Waals surface area contributed by atoms with Crippen LogP contribution in [0.25, 0.3) is 0 Å². The number of nitrogens with zero attached hydrogens (tertiary/aromatic N) is 4. The molecule has 0 fully saturated rings. The molecule has 0 aliphatic rings. The second-order valence-electron chi connectivity index (χ2n) is 5.65. The van der Waals surface area contributed by atoms with Gasteiger partial charge in [-0.15, -0.1) is 0 Å². The third-order valence-corrected chi connectivity index (χ3v) is 3.56. The van der Waals surface area contributed by atoms with E-state index in [9.17, 15) is 14.4 Å². The van der Waals surface area contributed by atoms with Gasteiger partial charge in [-0.3, -0.25) is 24.5 Å². The van der Waals surface area contributed by atoms with Crippen LogP contribution in [0.4, 0.5) is 5.95 Å². The number of pyridine rings is 1. The van der Waals surface area contributed by atoms with Gasteiger partial charge in [-0.05, 0) is 32.0 Å². The lowest BCUT2D eigenvalue weighted by molar-refractivity contribution is 0.102. The Labute approximate surface area is 147 Å². The molecule has 0 aromatic carbocycles. The third kappa shape index (κ3) is 3.72. The number of hydrogen-bond acceptors (Lipinski definition) is 6. The Kier molecular flexibility index (Phi) is 4.70. The fourth-order valence-corrected chi connectivity index (χ4v) is 2.42. The minimum atomic E-state index is -0.721. The number of H-pyrrole nitrogens is 1. The Bertz CT molecular complexity index is 1050. The number of anilines is 1. The number of aromatic nitrogens is 5. The van der Waals surface area contributed by atoms with Gasteiger partial charge >= 0.3 is 5.69 Å². The van der Waals surface area contributed by atoms with E-state index in [0.29, 0.717) is 17.1 Å². The second kappa shape index (κ2) is 7.09. The van der Waals surface area contributed by atoms with Gasteiger partial charge < -0.3 is 4.98 Å². The van der Waals surface area contributed by atoms with Crippen LogP contribution in [0.1, 0.15) is 27.4 Å². The highest BCUT2D eigenvalue weighted by Crippen LogP contribution is 2.05. The summed E-state index contributed by atoms with van der Waals surface area (Å²) >= 11 is 0. The van der Waals surface area contributed by atoms with Gasteiger partial charge in [-0.1, -0.05) is 6.07 Å². The van der Waals surface area contributed by atoms with E-state index < -0.39 is 17.2 Å². The summed E-state index contributed by atoms with van der Waals surface area (Å²) in [7, 11) is 0. The van der Waals surface area contributed by atoms with Crippen LogP contribution < -0.4 is 16.6 Å². The quantitative estimate of drug-likeness (QED) is 0.710. The highest BCUT2D eigenvalue weighted by Gasteiger charge is 2.16. The number of aromatic amines is 1. The Hall–Kier alpha value is -3.62. The molecule has 3 rings (SSSR count). The molecule has 2 N–H and O–H groups in total. The normalized spacial score (nSPS) is 10.5. The predicted octanol–water partition coefficient (Wildman–Crippen LogP) is 0.639. The van der Waals surface area contributed by atoms with Gasteiger partial charge in [0, 0.05) is 23.8 Å². The molecule has 26 heavy (non-hydrogen) atoms. The van der Waals surface area contributed by atoms with Crippen LogP contribution in [-0.4, -0.2) is 30.4 Å². The van der Waals surface area contributed by atoms with E-state index in [1.165, 1.54) is 0 Å². The highest BCUT2D eigenvalue weighted by atomic mass is 16.2. The van der Waals surface area contributed by atoms with Crippen molar-refractivity contribution in [2.75, 3.05) is 5.32 Å². The molecule has 0 radical (unpaired) electrons. The van der Waals surface area contributed by atoms with Crippen LogP contribution in [0, 0.1) is 13.8 Å². The molecule has 0 unspecified atom stereocenters. The van der Waals surface area contributed by atoms with Gasteiger partial charge in [0.1, 0.15) is 5.56 Å². The first-order valence-electron chi connectivity index (χ1n) is 7.80. The van der Waals surface area contributed by atoms with Crippen molar-refractivity contribution in [1.82, 2.24) is 24.5 Å². The van der Waals surface area contributed by atoms with Gasteiger partial charge in [-0.2, -0.15) is 0 Å². The predicted molar refractivity (Wildman–Crippen MR) is 94.1 cm³/mol. The molecule has 0 saturated carbocycles. The first-order valence-corrected chi connectivity index (χ1v) is 7.80. The molecule has 0 aliphatic carbocycles. The Morgan fingerprint density at radius 2 is 1.92 bits per heavy atom. The first-order chi connectivity index (χ1) is 12.4. The molecule has 0 bridgehead atoms. The van der Waals surface area contributed by atoms with Crippen LogP contribution in [-0.2, 0) is 6.54 Å². The number of nitrogens with one attached hydrogen (secondary N) is 2. The molecule has 3 aromatic rings. The average molecular weight is 352 g/mol. The molecule has 0 atom stereocenters. The summed E-state index contributed by atoms with van der Waals surface area (Å²) in [6.07, 6.45) is 2.64. The number of rotatable bonds is 4. The summed E-state index contributed by atoms with van der Waals surface area (Å²) in [5, 5.41) is 2.48. The number of carbonyl (C=O) groups excluding carboxylic acids is 1. The fraction of sp³-hybridized carbons (Fsp3) is 0.176. The maximum atomic E-state index is 12.6. The van der Waals surface area contributed by atoms with E-state index in [4.69, 9.17) is 0 Å². The molecule has 3 heterocycles. The highest BCUT2D eigenvalue weighted by molar-refractivity contribution is 6.02. The lowest BCUT2D eigenvalue weighted by Gasteiger charge is -2.08. The minimum Gasteiger partial charge on any atom is -0.313 e. The van der Waals surface area contributed by atoms with Crippen molar-refractivity contribution in [1.29, 1.82) is 0 Å². The number of carbonyl (C=O) groups is 1. The van der Waals surface area contributed by atoms with Crippen LogP contribution in [0.2, 0.25) is 0 Å². The lowest BCUT2D eigenvalue weighted by atomic mass is 10.3. The van der Waals surface area contributed by atoms with Crippen molar-refractivity contribution in [3.63, 3.8) is 0 Å². The zero-order chi connectivity index (χ0) is 18.7. The summed E-state index contributed by atoms with van der Waals surface area (Å²) in [6, 6.07) is 6.91. The third-order valence-electron chi connectivity index (χ3n) is 3.56. The first kappa shape index (κ1) is 17.2. The smallest absolute Gasteiger partial charge is 0.313 e. The molecule has 0 aliphatic heterocycles. The standard InChI is InChI=1S/C17H16N6O3/c1-10-7-11(2)21-16(20-10)22-14(24)13-8-19-17(26)23(15(13)25)9-12-5-3-4-6-18-12/h3-8H,9H2,1-2H3,(H,19,26)(H,20,21,22,24). The zero-order valence-electron chi connectivity index (χ0n) is 14.2. The molecule has 0 saturated heterocycles. The minimum absolute atomic E-state index is 0.0455. The molecule has 9 nitrogen and oxygen atoms in total. The maximum Gasteiger partial charge on any atom is 0.328 e. The summed E-state index contributed by atoms with van der Waals surface area (Å²) in [5.74, 6) is -0.611. The van der Waals surface area contributed by atoms with E-state index in [1.54, 1.807) is 44.3 Å². The van der Waals surface area contributed by atoms with Gasteiger partial charge in [0.15, 0.2) is 0 Å². The molecule has 0 spiro atoms. The van der Waals surface area contributed by atoms with E-state index >= 15 is 0 Å². The summed E-state index contributed by atoms with van der Waals surface area (Å²) in [4.78, 5) is 51.7. The van der Waals surface area contributed by atoms with E-state index in [0.717, 1.165) is 10.8 Å². The van der Waals surface area contributed by atoms with Crippen molar-refractivity contribution < 1.29 is 4.79 Å². The van der Waals surface area contributed by atoms with Crippen molar-refractivity contribution >= 4 is 11.9 Å². The number of hydrogen-bond donors (Lipinski definition) is 2. The van der Waals surface area contributed by atoms with Crippen LogP contribution in [0.5, 0.6) is 0 Å². The Morgan fingerprint density at radius 3 is 2.58 bits per heavy atom. The van der Waals surface area contributed by atoms with Crippen molar-refractivity contribution in [2.45, 2.75) is 20.4 Å². The van der Waals surface area contributed by atoms with E-state index in [-0.39, 0.29) is 18.1 Å². The summed E-state index contributed by atoms with van der Waals surface area (Å²) in [6.45, 7) is 3.49. The maximum absolute atomic E-state index is 12.6. The average Bonchev–Trinajstić information content (AvgIpc) is 2.58. The van der Waals surface area contributed by atoms with Crippen molar-refractivity contribution in [3.8, 4) is 0 Å². The largest absolute Gasteiger partial charge is 0.328 e. The van der Waals surface area contributed by atoms with Gasteiger partial charge in [-0.25, -0.2) is 14.8 Å². The van der Waals surface area contributed by atoms with Gasteiger partial charge in [0.2, 0.25) is 5.95 Å². The van der Waals surface area contributed by atoms with Crippen LogP contribution in [0.3, 0.4) is 0 Å². The van der Waals surface area contributed by atoms with Crippen molar-refractivity contribution in [2.24, 2.45) is 0 Å². The van der Waals surface area contributed by atoms with Gasteiger partial charge in [0.25, 0.3) is 11.5 Å². The molecular formula is C17H16N6O3. The topological polar surface area (TPSA) is 123 Å². The van der Waals surface area contributed by atoms with E-state index in [1.807, 2.05) is 0 Å². The monoisotopic (exact) mass is 352 g/mol. The lowest BCUT2D eigenvalue weighted by Crippen LogP contribution is -2.39. The Morgan fingerprint density at radius 1 is 1.19 bits per heavy atom. The second-order valence-corrected chi connectivity index (χ2v) is 5.65. The number of amides is 1. The van der Waals surface area contributed by atoms with Crippen LogP contribution >= 0.6 is 0 Å². The Balaban J connectivity index is 1.93. The summed E-state index contributed by atoms with van der Waals surface area (Å²) < 4.78 is 0.916. The molecule has 9 heteroatoms. The molecule has 1 amide bonds. The fourth-order valence-electron chi connectivity index (χ4n) is 2.42. The SMILES string of the molecule is Cc1cc(C)nc(NC(=O)c2c[nH]c(=O)n(Cc3ccccn3)c2=O)n1. The molecule has 132 valence electrons. The van der Waals surface area contributed by atoms with Gasteiger partial charge in [0.05, 0.1) is 12.2 Å².